The van der Waals surface area contributed by atoms with Crippen molar-refractivity contribution in [1.29, 1.82) is 5.26 Å². The summed E-state index contributed by atoms with van der Waals surface area (Å²) in [7, 11) is -1.30. The van der Waals surface area contributed by atoms with Crippen molar-refractivity contribution < 1.29 is 8.42 Å². The van der Waals surface area contributed by atoms with Crippen molar-refractivity contribution in [3.8, 4) is 6.07 Å². The van der Waals surface area contributed by atoms with Crippen LogP contribution in [0.15, 0.2) is 0 Å². The minimum absolute atomic E-state index is 0.429. The van der Waals surface area contributed by atoms with Crippen LogP contribution in [0.4, 0.5) is 0 Å². The average Bonchev–Trinajstić information content (AvgIpc) is 2.37. The van der Waals surface area contributed by atoms with Gasteiger partial charge in [0.1, 0.15) is 0 Å². The molecule has 0 amide bonds. The Morgan fingerprint density at radius 2 is 2.06 bits per heavy atom. The van der Waals surface area contributed by atoms with Gasteiger partial charge in [-0.05, 0) is 45.7 Å². The van der Waals surface area contributed by atoms with Gasteiger partial charge in [-0.1, -0.05) is 0 Å². The number of piperidine rings is 2. The largest absolute Gasteiger partial charge is 0.303 e. The first-order chi connectivity index (χ1) is 8.46. The van der Waals surface area contributed by atoms with Crippen LogP contribution in [-0.4, -0.2) is 55.6 Å². The van der Waals surface area contributed by atoms with E-state index in [0.29, 0.717) is 25.0 Å². The maximum atomic E-state index is 12.2. The molecule has 6 heteroatoms. The van der Waals surface area contributed by atoms with Gasteiger partial charge in [-0.2, -0.15) is 5.26 Å². The van der Waals surface area contributed by atoms with E-state index in [2.05, 4.69) is 11.9 Å². The Hall–Kier alpha value is -0.640. The highest BCUT2D eigenvalue weighted by molar-refractivity contribution is 7.89. The Morgan fingerprint density at radius 1 is 1.33 bits per heavy atom. The summed E-state index contributed by atoms with van der Waals surface area (Å²) in [5, 5.41) is 7.88. The van der Waals surface area contributed by atoms with Crippen molar-refractivity contribution in [1.82, 2.24) is 9.21 Å². The van der Waals surface area contributed by atoms with Crippen LogP contribution in [0.3, 0.4) is 0 Å². The van der Waals surface area contributed by atoms with Gasteiger partial charge in [0.05, 0.1) is 6.07 Å². The van der Waals surface area contributed by atoms with Gasteiger partial charge < -0.3 is 4.90 Å². The van der Waals surface area contributed by atoms with Gasteiger partial charge in [-0.15, -0.1) is 0 Å². The van der Waals surface area contributed by atoms with Crippen molar-refractivity contribution in [3.63, 3.8) is 0 Å². The molecular formula is C12H21N3O2S. The molecule has 3 unspecified atom stereocenters. The fourth-order valence-electron chi connectivity index (χ4n) is 3.14. The molecule has 0 radical (unpaired) electrons. The summed E-state index contributed by atoms with van der Waals surface area (Å²) in [6.45, 7) is 3.72. The Balaban J connectivity index is 2.10. The van der Waals surface area contributed by atoms with Crippen molar-refractivity contribution in [2.24, 2.45) is 5.92 Å². The zero-order valence-electron chi connectivity index (χ0n) is 11.0. The normalized spacial score (nSPS) is 32.5. The molecule has 0 spiro atoms. The molecule has 0 aromatic heterocycles. The Labute approximate surface area is 109 Å². The lowest BCUT2D eigenvalue weighted by atomic mass is 9.85. The van der Waals surface area contributed by atoms with Crippen LogP contribution >= 0.6 is 0 Å². The van der Waals surface area contributed by atoms with E-state index in [1.54, 1.807) is 0 Å². The zero-order chi connectivity index (χ0) is 13.3. The second-order valence-electron chi connectivity index (χ2n) is 5.41. The number of nitrogens with zero attached hydrogens (tertiary/aromatic N) is 3. The molecule has 0 aliphatic carbocycles. The van der Waals surface area contributed by atoms with Gasteiger partial charge in [-0.25, -0.2) is 12.7 Å². The third kappa shape index (κ3) is 2.40. The molecule has 2 fully saturated rings. The van der Waals surface area contributed by atoms with Crippen LogP contribution in [0.5, 0.6) is 0 Å². The summed E-state index contributed by atoms with van der Waals surface area (Å²) in [4.78, 5) is 2.35. The van der Waals surface area contributed by atoms with E-state index in [9.17, 15) is 8.42 Å². The molecule has 102 valence electrons. The second-order valence-corrected chi connectivity index (χ2v) is 7.67. The molecule has 5 nitrogen and oxygen atoms in total. The third-order valence-corrected chi connectivity index (χ3v) is 6.35. The molecule has 0 aromatic carbocycles. The van der Waals surface area contributed by atoms with Crippen LogP contribution in [0.2, 0.25) is 0 Å². The minimum atomic E-state index is -3.43. The van der Waals surface area contributed by atoms with Crippen molar-refractivity contribution in [2.75, 3.05) is 26.7 Å². The molecule has 2 heterocycles. The molecule has 2 aliphatic rings. The number of hydrogen-bond donors (Lipinski definition) is 0. The lowest BCUT2D eigenvalue weighted by Crippen LogP contribution is -2.54. The summed E-state index contributed by atoms with van der Waals surface area (Å²) in [6.07, 6.45) is 3.12. The Kier molecular flexibility index (Phi) is 3.95. The van der Waals surface area contributed by atoms with Crippen LogP contribution in [0.25, 0.3) is 0 Å². The molecular weight excluding hydrogens is 250 g/mol. The summed E-state index contributed by atoms with van der Waals surface area (Å²) in [5.41, 5.74) is 0. The fraction of sp³-hybridized carbons (Fsp3) is 0.917. The predicted octanol–water partition coefficient (Wildman–Crippen LogP) is 0.644. The molecule has 0 saturated carbocycles. The molecule has 0 aromatic rings. The first-order valence-electron chi connectivity index (χ1n) is 6.55. The second kappa shape index (κ2) is 5.16. The molecule has 18 heavy (non-hydrogen) atoms. The van der Waals surface area contributed by atoms with Crippen LogP contribution in [0, 0.1) is 17.2 Å². The molecule has 2 saturated heterocycles. The number of nitriles is 1. The molecule has 3 atom stereocenters. The molecule has 2 aliphatic heterocycles. The molecule has 2 rings (SSSR count). The minimum Gasteiger partial charge on any atom is -0.303 e. The summed E-state index contributed by atoms with van der Waals surface area (Å²) in [5.74, 6) is 0.429. The van der Waals surface area contributed by atoms with E-state index >= 15 is 0 Å². The number of sulfonamides is 1. The first kappa shape index (κ1) is 13.8. The average molecular weight is 271 g/mol. The van der Waals surface area contributed by atoms with E-state index in [0.717, 1.165) is 25.8 Å². The lowest BCUT2D eigenvalue weighted by Gasteiger charge is -2.45. The topological polar surface area (TPSA) is 64.4 Å². The standard InChI is InChI=1S/C12H21N3O2S/c1-10(8-13)18(16,17)15-7-5-12-11(9-15)4-3-6-14(12)2/h10-12H,3-7,9H2,1-2H3. The number of likely N-dealkylation sites (tertiary alicyclic amines) is 1. The predicted molar refractivity (Wildman–Crippen MR) is 69.3 cm³/mol. The molecule has 0 N–H and O–H groups in total. The Bertz CT molecular complexity index is 443. The number of hydrogen-bond acceptors (Lipinski definition) is 4. The number of fused-ring (bicyclic) bond motifs is 1. The van der Waals surface area contributed by atoms with Crippen LogP contribution < -0.4 is 0 Å². The van der Waals surface area contributed by atoms with Crippen LogP contribution in [-0.2, 0) is 10.0 Å². The zero-order valence-corrected chi connectivity index (χ0v) is 11.9. The maximum Gasteiger partial charge on any atom is 0.230 e. The maximum absolute atomic E-state index is 12.2. The monoisotopic (exact) mass is 271 g/mol. The van der Waals surface area contributed by atoms with Crippen molar-refractivity contribution in [2.45, 2.75) is 37.5 Å². The van der Waals surface area contributed by atoms with Gasteiger partial charge in [0.15, 0.2) is 5.25 Å². The Morgan fingerprint density at radius 3 is 2.72 bits per heavy atom. The van der Waals surface area contributed by atoms with Crippen LogP contribution in [0.1, 0.15) is 26.2 Å². The van der Waals surface area contributed by atoms with Gasteiger partial charge in [0.25, 0.3) is 0 Å². The van der Waals surface area contributed by atoms with Gasteiger partial charge >= 0.3 is 0 Å². The summed E-state index contributed by atoms with van der Waals surface area (Å²) < 4.78 is 25.9. The van der Waals surface area contributed by atoms with Gasteiger partial charge in [-0.3, -0.25) is 0 Å². The highest BCUT2D eigenvalue weighted by Crippen LogP contribution is 2.31. The van der Waals surface area contributed by atoms with Crippen molar-refractivity contribution >= 4 is 10.0 Å². The van der Waals surface area contributed by atoms with E-state index < -0.39 is 15.3 Å². The van der Waals surface area contributed by atoms with Gasteiger partial charge in [0, 0.05) is 19.1 Å². The summed E-state index contributed by atoms with van der Waals surface area (Å²) >= 11 is 0. The number of rotatable bonds is 2. The molecule has 0 bridgehead atoms. The first-order valence-corrected chi connectivity index (χ1v) is 8.06. The van der Waals surface area contributed by atoms with Gasteiger partial charge in [0.2, 0.25) is 10.0 Å². The van der Waals surface area contributed by atoms with E-state index in [1.165, 1.54) is 11.2 Å². The highest BCUT2D eigenvalue weighted by Gasteiger charge is 2.39. The summed E-state index contributed by atoms with van der Waals surface area (Å²) in [6, 6.07) is 2.36. The van der Waals surface area contributed by atoms with E-state index in [4.69, 9.17) is 5.26 Å². The highest BCUT2D eigenvalue weighted by atomic mass is 32.2. The third-order valence-electron chi connectivity index (χ3n) is 4.30. The van der Waals surface area contributed by atoms with E-state index in [1.807, 2.05) is 6.07 Å². The lowest BCUT2D eigenvalue weighted by molar-refractivity contribution is 0.0670. The quantitative estimate of drug-likeness (QED) is 0.739. The van der Waals surface area contributed by atoms with E-state index in [-0.39, 0.29) is 0 Å². The smallest absolute Gasteiger partial charge is 0.230 e. The van der Waals surface area contributed by atoms with Crippen molar-refractivity contribution in [3.05, 3.63) is 0 Å². The SMILES string of the molecule is CC(C#N)S(=O)(=O)N1CCC2C(CCCN2C)C1. The fourth-order valence-corrected chi connectivity index (χ4v) is 4.48.